The van der Waals surface area contributed by atoms with Crippen LogP contribution in [0.5, 0.6) is 11.5 Å². The standard InChI is InChI=1S/C24H28N2O4/c1-17(27)20(14-18-6-3-2-4-7-18)25-24(28)16-26-11-5-8-21(26)19-9-10-22-23(15-19)30-13-12-29-22/h2-4,6-7,9-10,15,20-21H,5,8,11-14,16H2,1H3,(H,25,28)/t20-,21+/m0/s1. The summed E-state index contributed by atoms with van der Waals surface area (Å²) in [6.45, 7) is 3.79. The topological polar surface area (TPSA) is 67.9 Å². The molecule has 2 aliphatic heterocycles. The Hall–Kier alpha value is -2.86. The molecule has 2 heterocycles. The van der Waals surface area contributed by atoms with Gasteiger partial charge in [0.05, 0.1) is 12.6 Å². The number of fused-ring (bicyclic) bond motifs is 1. The van der Waals surface area contributed by atoms with E-state index in [1.807, 2.05) is 42.5 Å². The van der Waals surface area contributed by atoms with Gasteiger partial charge >= 0.3 is 0 Å². The number of carbonyl (C=O) groups excluding carboxylic acids is 2. The van der Waals surface area contributed by atoms with Crippen molar-refractivity contribution in [1.82, 2.24) is 10.2 Å². The van der Waals surface area contributed by atoms with Gasteiger partial charge in [-0.2, -0.15) is 0 Å². The second-order valence-electron chi connectivity index (χ2n) is 7.95. The SMILES string of the molecule is CC(=O)[C@H](Cc1ccccc1)NC(=O)CN1CCC[C@@H]1c1ccc2c(c1)OCCO2. The van der Waals surface area contributed by atoms with Gasteiger partial charge in [-0.15, -0.1) is 0 Å². The molecule has 0 bridgehead atoms. The molecule has 6 heteroatoms. The molecule has 30 heavy (non-hydrogen) atoms. The second kappa shape index (κ2) is 9.30. The maximum Gasteiger partial charge on any atom is 0.234 e. The third kappa shape index (κ3) is 4.82. The summed E-state index contributed by atoms with van der Waals surface area (Å²) in [6, 6.07) is 15.5. The molecule has 2 aromatic rings. The van der Waals surface area contributed by atoms with E-state index in [1.54, 1.807) is 0 Å². The summed E-state index contributed by atoms with van der Waals surface area (Å²) in [5, 5.41) is 2.94. The van der Waals surface area contributed by atoms with E-state index in [0.29, 0.717) is 19.6 Å². The van der Waals surface area contributed by atoms with Crippen molar-refractivity contribution in [2.24, 2.45) is 0 Å². The summed E-state index contributed by atoms with van der Waals surface area (Å²) in [7, 11) is 0. The molecule has 0 aliphatic carbocycles. The fourth-order valence-electron chi connectivity index (χ4n) is 4.23. The third-order valence-electron chi connectivity index (χ3n) is 5.77. The van der Waals surface area contributed by atoms with Crippen molar-refractivity contribution in [3.8, 4) is 11.5 Å². The van der Waals surface area contributed by atoms with Gasteiger partial charge < -0.3 is 14.8 Å². The number of carbonyl (C=O) groups is 2. The zero-order valence-electron chi connectivity index (χ0n) is 17.3. The average molecular weight is 408 g/mol. The predicted octanol–water partition coefficient (Wildman–Crippen LogP) is 2.91. The molecule has 158 valence electrons. The number of hydrogen-bond acceptors (Lipinski definition) is 5. The van der Waals surface area contributed by atoms with Gasteiger partial charge in [-0.3, -0.25) is 14.5 Å². The van der Waals surface area contributed by atoms with Gasteiger partial charge in [0.1, 0.15) is 13.2 Å². The lowest BCUT2D eigenvalue weighted by Gasteiger charge is -2.27. The summed E-state index contributed by atoms with van der Waals surface area (Å²) in [5.41, 5.74) is 2.17. The van der Waals surface area contributed by atoms with Crippen molar-refractivity contribution in [1.29, 1.82) is 0 Å². The first-order chi connectivity index (χ1) is 14.6. The Balaban J connectivity index is 1.40. The summed E-state index contributed by atoms with van der Waals surface area (Å²) in [4.78, 5) is 27.0. The van der Waals surface area contributed by atoms with Crippen LogP contribution >= 0.6 is 0 Å². The molecule has 1 amide bonds. The lowest BCUT2D eigenvalue weighted by molar-refractivity contribution is -0.127. The number of ether oxygens (including phenoxy) is 2. The fraction of sp³-hybridized carbons (Fsp3) is 0.417. The van der Waals surface area contributed by atoms with Crippen LogP contribution < -0.4 is 14.8 Å². The van der Waals surface area contributed by atoms with Crippen LogP contribution in [0, 0.1) is 0 Å². The minimum absolute atomic E-state index is 0.0305. The number of nitrogens with zero attached hydrogens (tertiary/aromatic N) is 1. The zero-order valence-corrected chi connectivity index (χ0v) is 17.3. The van der Waals surface area contributed by atoms with Gasteiger partial charge in [-0.05, 0) is 56.0 Å². The monoisotopic (exact) mass is 408 g/mol. The van der Waals surface area contributed by atoms with Crippen molar-refractivity contribution >= 4 is 11.7 Å². The molecule has 0 aromatic heterocycles. The quantitative estimate of drug-likeness (QED) is 0.763. The van der Waals surface area contributed by atoms with E-state index in [4.69, 9.17) is 9.47 Å². The Morgan fingerprint density at radius 2 is 1.87 bits per heavy atom. The van der Waals surface area contributed by atoms with E-state index in [-0.39, 0.29) is 24.3 Å². The van der Waals surface area contributed by atoms with Crippen molar-refractivity contribution in [2.45, 2.75) is 38.3 Å². The molecule has 1 saturated heterocycles. The normalized spacial score (nSPS) is 19.3. The summed E-state index contributed by atoms with van der Waals surface area (Å²) in [6.07, 6.45) is 2.53. The highest BCUT2D eigenvalue weighted by Crippen LogP contribution is 2.37. The lowest BCUT2D eigenvalue weighted by Crippen LogP contribution is -2.45. The number of ketones is 1. The summed E-state index contributed by atoms with van der Waals surface area (Å²) >= 11 is 0. The third-order valence-corrected chi connectivity index (χ3v) is 5.77. The molecule has 4 rings (SSSR count). The van der Waals surface area contributed by atoms with Crippen LogP contribution in [0.15, 0.2) is 48.5 Å². The molecule has 0 unspecified atom stereocenters. The molecule has 2 aliphatic rings. The van der Waals surface area contributed by atoms with Crippen molar-refractivity contribution in [3.63, 3.8) is 0 Å². The summed E-state index contributed by atoms with van der Waals surface area (Å²) < 4.78 is 11.3. The second-order valence-corrected chi connectivity index (χ2v) is 7.95. The van der Waals surface area contributed by atoms with Crippen LogP contribution in [-0.2, 0) is 16.0 Å². The Labute approximate surface area is 177 Å². The predicted molar refractivity (Wildman–Crippen MR) is 114 cm³/mol. The van der Waals surface area contributed by atoms with Gasteiger partial charge in [-0.25, -0.2) is 0 Å². The van der Waals surface area contributed by atoms with Crippen LogP contribution in [0.4, 0.5) is 0 Å². The minimum atomic E-state index is -0.504. The Morgan fingerprint density at radius 3 is 2.63 bits per heavy atom. The lowest BCUT2D eigenvalue weighted by atomic mass is 10.0. The Morgan fingerprint density at radius 1 is 1.10 bits per heavy atom. The van der Waals surface area contributed by atoms with Gasteiger partial charge in [-0.1, -0.05) is 36.4 Å². The van der Waals surface area contributed by atoms with Crippen LogP contribution in [0.1, 0.15) is 36.9 Å². The number of nitrogens with one attached hydrogen (secondary N) is 1. The molecule has 1 N–H and O–H groups in total. The number of benzene rings is 2. The molecule has 0 radical (unpaired) electrons. The first kappa shape index (κ1) is 20.4. The largest absolute Gasteiger partial charge is 0.486 e. The van der Waals surface area contributed by atoms with Crippen molar-refractivity contribution in [3.05, 3.63) is 59.7 Å². The van der Waals surface area contributed by atoms with Gasteiger partial charge in [0, 0.05) is 6.04 Å². The number of rotatable bonds is 7. The fourth-order valence-corrected chi connectivity index (χ4v) is 4.23. The smallest absolute Gasteiger partial charge is 0.234 e. The van der Waals surface area contributed by atoms with Crippen LogP contribution in [0.2, 0.25) is 0 Å². The van der Waals surface area contributed by atoms with Crippen LogP contribution in [0.25, 0.3) is 0 Å². The highest BCUT2D eigenvalue weighted by Gasteiger charge is 2.29. The van der Waals surface area contributed by atoms with Gasteiger partial charge in [0.2, 0.25) is 5.91 Å². The van der Waals surface area contributed by atoms with E-state index < -0.39 is 6.04 Å². The first-order valence-corrected chi connectivity index (χ1v) is 10.6. The van der Waals surface area contributed by atoms with E-state index in [2.05, 4.69) is 16.3 Å². The molecule has 2 atom stereocenters. The molecular weight excluding hydrogens is 380 g/mol. The van der Waals surface area contributed by atoms with E-state index in [1.165, 1.54) is 6.92 Å². The number of hydrogen-bond donors (Lipinski definition) is 1. The number of Topliss-reactive ketones (excluding diaryl/α,β-unsaturated/α-hetero) is 1. The van der Waals surface area contributed by atoms with Gasteiger partial charge in [0.25, 0.3) is 0 Å². The molecular formula is C24H28N2O4. The number of likely N-dealkylation sites (tertiary alicyclic amines) is 1. The van der Waals surface area contributed by atoms with Gasteiger partial charge in [0.15, 0.2) is 17.3 Å². The van der Waals surface area contributed by atoms with E-state index >= 15 is 0 Å². The summed E-state index contributed by atoms with van der Waals surface area (Å²) in [5.74, 6) is 1.40. The van der Waals surface area contributed by atoms with E-state index in [0.717, 1.165) is 42.0 Å². The first-order valence-electron chi connectivity index (χ1n) is 10.6. The molecule has 2 aromatic carbocycles. The molecule has 1 fully saturated rings. The van der Waals surface area contributed by atoms with Crippen molar-refractivity contribution in [2.75, 3.05) is 26.3 Å². The van der Waals surface area contributed by atoms with Crippen molar-refractivity contribution < 1.29 is 19.1 Å². The average Bonchev–Trinajstić information content (AvgIpc) is 3.21. The zero-order chi connectivity index (χ0) is 20.9. The minimum Gasteiger partial charge on any atom is -0.486 e. The molecule has 6 nitrogen and oxygen atoms in total. The highest BCUT2D eigenvalue weighted by molar-refractivity contribution is 5.88. The maximum absolute atomic E-state index is 12.8. The molecule has 0 saturated carbocycles. The van der Waals surface area contributed by atoms with Crippen LogP contribution in [0.3, 0.4) is 0 Å². The number of amides is 1. The highest BCUT2D eigenvalue weighted by atomic mass is 16.6. The Bertz CT molecular complexity index is 899. The van der Waals surface area contributed by atoms with Crippen LogP contribution in [-0.4, -0.2) is 48.9 Å². The molecule has 0 spiro atoms. The Kier molecular flexibility index (Phi) is 6.33. The maximum atomic E-state index is 12.8. The van der Waals surface area contributed by atoms with E-state index in [9.17, 15) is 9.59 Å².